The summed E-state index contributed by atoms with van der Waals surface area (Å²) in [5, 5.41) is 0. The monoisotopic (exact) mass is 568 g/mol. The highest BCUT2D eigenvalue weighted by Crippen LogP contribution is 2.19. The van der Waals surface area contributed by atoms with E-state index in [-0.39, 0.29) is 25.7 Å². The van der Waals surface area contributed by atoms with Crippen molar-refractivity contribution in [1.29, 1.82) is 0 Å². The lowest BCUT2D eigenvalue weighted by Gasteiger charge is -2.25. The Morgan fingerprint density at radius 3 is 0.756 bits per heavy atom. The Hall–Kier alpha value is -5.02. The van der Waals surface area contributed by atoms with E-state index in [0.29, 0.717) is 22.3 Å². The molecule has 208 valence electrons. The van der Waals surface area contributed by atoms with Crippen LogP contribution in [0.4, 0.5) is 0 Å². The van der Waals surface area contributed by atoms with Crippen LogP contribution in [0.5, 0.6) is 0 Å². The molecule has 41 heavy (non-hydrogen) atoms. The van der Waals surface area contributed by atoms with Crippen LogP contribution in [-0.4, -0.2) is 32.9 Å². The third-order valence-corrected chi connectivity index (χ3v) is 7.63. The molecule has 0 aliphatic rings. The first-order chi connectivity index (χ1) is 19.9. The van der Waals surface area contributed by atoms with E-state index in [9.17, 15) is 19.2 Å². The second-order valence-electron chi connectivity index (χ2n) is 9.05. The molecule has 0 atom stereocenters. The average Bonchev–Trinajstić information content (AvgIpc) is 2.94. The van der Waals surface area contributed by atoms with Gasteiger partial charge in [0.05, 0.1) is 25.7 Å². The van der Waals surface area contributed by atoms with Gasteiger partial charge in [-0.15, -0.1) is 0 Å². The molecule has 9 heteroatoms. The van der Waals surface area contributed by atoms with Crippen molar-refractivity contribution in [3.05, 3.63) is 144 Å². The van der Waals surface area contributed by atoms with E-state index < -0.39 is 32.9 Å². The molecule has 0 aromatic heterocycles. The third kappa shape index (κ3) is 9.59. The molecular formula is C32H28O8Si. The molecule has 0 spiro atoms. The normalized spacial score (nSPS) is 10.7. The van der Waals surface area contributed by atoms with Gasteiger partial charge in [-0.1, -0.05) is 121 Å². The smallest absolute Gasteiger partial charge is 0.422 e. The molecule has 0 aliphatic carbocycles. The Morgan fingerprint density at radius 1 is 0.366 bits per heavy atom. The molecular weight excluding hydrogens is 540 g/mol. The highest BCUT2D eigenvalue weighted by Gasteiger charge is 2.63. The van der Waals surface area contributed by atoms with Gasteiger partial charge in [-0.2, -0.15) is 0 Å². The van der Waals surface area contributed by atoms with E-state index in [1.54, 1.807) is 121 Å². The molecule has 0 fully saturated rings. The molecule has 0 heterocycles. The molecule has 0 saturated carbocycles. The Morgan fingerprint density at radius 2 is 0.561 bits per heavy atom. The summed E-state index contributed by atoms with van der Waals surface area (Å²) in [6, 6.07) is 34.7. The maximum absolute atomic E-state index is 13.1. The minimum absolute atomic E-state index is 0.238. The number of rotatable bonds is 12. The van der Waals surface area contributed by atoms with Crippen molar-refractivity contribution >= 4 is 32.9 Å². The fourth-order valence-corrected chi connectivity index (χ4v) is 5.53. The topological polar surface area (TPSA) is 105 Å². The lowest BCUT2D eigenvalue weighted by atomic mass is 10.2. The number of carbonyl (C=O) groups excluding carboxylic acids is 4. The number of hydrogen-bond donors (Lipinski definition) is 0. The van der Waals surface area contributed by atoms with Crippen LogP contribution in [-0.2, 0) is 62.6 Å². The highest BCUT2D eigenvalue weighted by atomic mass is 28.4. The summed E-state index contributed by atoms with van der Waals surface area (Å²) < 4.78 is 22.2. The van der Waals surface area contributed by atoms with Gasteiger partial charge < -0.3 is 17.7 Å². The predicted molar refractivity (Wildman–Crippen MR) is 151 cm³/mol. The molecule has 0 saturated heterocycles. The van der Waals surface area contributed by atoms with Gasteiger partial charge in [0.2, 0.25) is 0 Å². The van der Waals surface area contributed by atoms with Gasteiger partial charge in [-0.25, -0.2) is 0 Å². The molecule has 8 nitrogen and oxygen atoms in total. The summed E-state index contributed by atoms with van der Waals surface area (Å²) in [7, 11) is -5.06. The van der Waals surface area contributed by atoms with Crippen LogP contribution in [0, 0.1) is 0 Å². The van der Waals surface area contributed by atoms with Crippen LogP contribution in [0.1, 0.15) is 22.3 Å². The lowest BCUT2D eigenvalue weighted by molar-refractivity contribution is -0.162. The molecule has 4 aromatic carbocycles. The fraction of sp³-hybridized carbons (Fsp3) is 0.125. The number of benzene rings is 4. The molecule has 0 aliphatic heterocycles. The zero-order valence-electron chi connectivity index (χ0n) is 22.1. The van der Waals surface area contributed by atoms with Gasteiger partial charge in [-0.05, 0) is 22.3 Å². The van der Waals surface area contributed by atoms with Crippen LogP contribution in [0.2, 0.25) is 0 Å². The van der Waals surface area contributed by atoms with Crippen molar-refractivity contribution in [2.24, 2.45) is 0 Å². The minimum atomic E-state index is -5.06. The highest BCUT2D eigenvalue weighted by molar-refractivity contribution is 6.61. The maximum Gasteiger partial charge on any atom is 0.974 e. The van der Waals surface area contributed by atoms with Crippen LogP contribution in [0.3, 0.4) is 0 Å². The van der Waals surface area contributed by atoms with E-state index in [1.165, 1.54) is 0 Å². The van der Waals surface area contributed by atoms with Crippen LogP contribution < -0.4 is 0 Å². The van der Waals surface area contributed by atoms with Gasteiger partial charge in [0.1, 0.15) is 0 Å². The fourth-order valence-electron chi connectivity index (χ4n) is 3.88. The summed E-state index contributed by atoms with van der Waals surface area (Å²) in [4.78, 5) is 52.3. The first kappa shape index (κ1) is 29.0. The van der Waals surface area contributed by atoms with E-state index in [0.717, 1.165) is 0 Å². The molecule has 0 radical (unpaired) electrons. The minimum Gasteiger partial charge on any atom is -0.422 e. The standard InChI is InChI=1S/C32H28O8Si/c33-29(21-25-13-5-1-6-14-25)37-41(38-30(34)22-26-15-7-2-8-16-26,39-31(35)23-27-17-9-3-10-18-27)40-32(36)24-28-19-11-4-12-20-28/h1-20H,21-24H2. The second kappa shape index (κ2) is 14.4. The molecule has 0 bridgehead atoms. The average molecular weight is 569 g/mol. The zero-order chi connectivity index (χ0) is 28.9. The van der Waals surface area contributed by atoms with Crippen LogP contribution in [0.15, 0.2) is 121 Å². The molecule has 0 amide bonds. The van der Waals surface area contributed by atoms with E-state index in [1.807, 2.05) is 0 Å². The first-order valence-electron chi connectivity index (χ1n) is 12.9. The quantitative estimate of drug-likeness (QED) is 0.229. The van der Waals surface area contributed by atoms with Crippen molar-refractivity contribution in [1.82, 2.24) is 0 Å². The van der Waals surface area contributed by atoms with Crippen molar-refractivity contribution < 1.29 is 36.9 Å². The molecule has 0 unspecified atom stereocenters. The van der Waals surface area contributed by atoms with Crippen LogP contribution >= 0.6 is 0 Å². The third-order valence-electron chi connectivity index (χ3n) is 5.72. The Kier molecular flexibility index (Phi) is 10.2. The lowest BCUT2D eigenvalue weighted by Crippen LogP contribution is -2.55. The van der Waals surface area contributed by atoms with Gasteiger partial charge in [0.15, 0.2) is 0 Å². The van der Waals surface area contributed by atoms with Crippen molar-refractivity contribution in [3.8, 4) is 0 Å². The zero-order valence-corrected chi connectivity index (χ0v) is 23.1. The SMILES string of the molecule is O=C(Cc1ccccc1)O[Si](OC(=O)Cc1ccccc1)(OC(=O)Cc1ccccc1)OC(=O)Cc1ccccc1. The van der Waals surface area contributed by atoms with Gasteiger partial charge >= 0.3 is 32.9 Å². The van der Waals surface area contributed by atoms with E-state index in [4.69, 9.17) is 17.7 Å². The van der Waals surface area contributed by atoms with Gasteiger partial charge in [-0.3, -0.25) is 19.2 Å². The van der Waals surface area contributed by atoms with Crippen molar-refractivity contribution in [2.75, 3.05) is 0 Å². The van der Waals surface area contributed by atoms with E-state index >= 15 is 0 Å². The second-order valence-corrected chi connectivity index (χ2v) is 10.9. The van der Waals surface area contributed by atoms with Crippen molar-refractivity contribution in [3.63, 3.8) is 0 Å². The Bertz CT molecular complexity index is 1220. The number of hydrogen-bond acceptors (Lipinski definition) is 8. The van der Waals surface area contributed by atoms with E-state index in [2.05, 4.69) is 0 Å². The summed E-state index contributed by atoms with van der Waals surface area (Å²) >= 11 is 0. The molecule has 4 rings (SSSR count). The Labute approximate surface area is 238 Å². The summed E-state index contributed by atoms with van der Waals surface area (Å²) in [6.45, 7) is 0. The van der Waals surface area contributed by atoms with Crippen LogP contribution in [0.25, 0.3) is 0 Å². The molecule has 4 aromatic rings. The summed E-state index contributed by atoms with van der Waals surface area (Å²) in [6.07, 6.45) is -0.951. The summed E-state index contributed by atoms with van der Waals surface area (Å²) in [5.74, 6) is -3.57. The molecule has 0 N–H and O–H groups in total. The number of carbonyl (C=O) groups is 4. The van der Waals surface area contributed by atoms with Gasteiger partial charge in [0, 0.05) is 0 Å². The largest absolute Gasteiger partial charge is 0.974 e. The van der Waals surface area contributed by atoms with Crippen molar-refractivity contribution in [2.45, 2.75) is 25.7 Å². The Balaban J connectivity index is 1.62. The first-order valence-corrected chi connectivity index (χ1v) is 14.6. The maximum atomic E-state index is 13.1. The van der Waals surface area contributed by atoms with Gasteiger partial charge in [0.25, 0.3) is 0 Å². The summed E-state index contributed by atoms with van der Waals surface area (Å²) in [5.41, 5.74) is 2.40. The predicted octanol–water partition coefficient (Wildman–Crippen LogP) is 4.57.